The van der Waals surface area contributed by atoms with E-state index in [4.69, 9.17) is 5.10 Å². The molecular formula is C19H21N3. The number of imidazole rings is 1. The third-order valence-electron chi connectivity index (χ3n) is 4.71. The normalized spacial score (nSPS) is 16.2. The average molecular weight is 291 g/mol. The molecule has 2 aromatic heterocycles. The summed E-state index contributed by atoms with van der Waals surface area (Å²) in [5.41, 5.74) is 4.35. The first-order chi connectivity index (χ1) is 10.9. The summed E-state index contributed by atoms with van der Waals surface area (Å²) in [7, 11) is 0. The minimum absolute atomic E-state index is 0.808. The number of hydrogen-bond acceptors (Lipinski definition) is 2. The molecule has 0 unspecified atom stereocenters. The fourth-order valence-corrected chi connectivity index (χ4v) is 3.51. The van der Waals surface area contributed by atoms with E-state index in [1.54, 1.807) is 0 Å². The highest BCUT2D eigenvalue weighted by Crippen LogP contribution is 2.27. The van der Waals surface area contributed by atoms with Gasteiger partial charge in [0.25, 0.3) is 0 Å². The molecule has 0 saturated heterocycles. The van der Waals surface area contributed by atoms with Crippen LogP contribution in [0.2, 0.25) is 0 Å². The first-order valence-corrected chi connectivity index (χ1v) is 8.29. The van der Waals surface area contributed by atoms with Gasteiger partial charge < -0.3 is 0 Å². The van der Waals surface area contributed by atoms with E-state index >= 15 is 0 Å². The van der Waals surface area contributed by atoms with Gasteiger partial charge in [0, 0.05) is 5.56 Å². The van der Waals surface area contributed by atoms with Crippen molar-refractivity contribution in [3.8, 4) is 11.3 Å². The molecule has 1 saturated carbocycles. The summed E-state index contributed by atoms with van der Waals surface area (Å²) in [6.45, 7) is 0. The maximum Gasteiger partial charge on any atom is 0.154 e. The first kappa shape index (κ1) is 13.5. The Bertz CT molecular complexity index is 755. The topological polar surface area (TPSA) is 30.2 Å². The van der Waals surface area contributed by atoms with Crippen LogP contribution >= 0.6 is 0 Å². The lowest BCUT2D eigenvalue weighted by molar-refractivity contribution is 0.353. The zero-order valence-corrected chi connectivity index (χ0v) is 12.8. The Hall–Kier alpha value is -2.16. The minimum atomic E-state index is 0.808. The van der Waals surface area contributed by atoms with Gasteiger partial charge in [-0.3, -0.25) is 0 Å². The van der Waals surface area contributed by atoms with Gasteiger partial charge in [0.2, 0.25) is 0 Å². The van der Waals surface area contributed by atoms with Crippen molar-refractivity contribution in [2.75, 3.05) is 0 Å². The second kappa shape index (κ2) is 5.91. The van der Waals surface area contributed by atoms with Crippen molar-refractivity contribution < 1.29 is 0 Å². The Morgan fingerprint density at radius 3 is 2.59 bits per heavy atom. The van der Waals surface area contributed by atoms with Crippen molar-refractivity contribution in [1.82, 2.24) is 14.6 Å². The molecule has 1 fully saturated rings. The zero-order chi connectivity index (χ0) is 14.8. The highest BCUT2D eigenvalue weighted by Gasteiger charge is 2.15. The van der Waals surface area contributed by atoms with Gasteiger partial charge in [-0.15, -0.1) is 0 Å². The van der Waals surface area contributed by atoms with Crippen LogP contribution in [0.1, 0.15) is 37.8 Å². The maximum atomic E-state index is 4.86. The highest BCUT2D eigenvalue weighted by atomic mass is 15.3. The van der Waals surface area contributed by atoms with Crippen molar-refractivity contribution in [2.45, 2.75) is 38.5 Å². The van der Waals surface area contributed by atoms with Gasteiger partial charge in [-0.1, -0.05) is 62.4 Å². The fourth-order valence-electron chi connectivity index (χ4n) is 3.51. The van der Waals surface area contributed by atoms with E-state index in [9.17, 15) is 0 Å². The minimum Gasteiger partial charge on any atom is -0.235 e. The summed E-state index contributed by atoms with van der Waals surface area (Å²) >= 11 is 0. The molecule has 22 heavy (non-hydrogen) atoms. The fraction of sp³-hybridized carbons (Fsp3) is 0.368. The van der Waals surface area contributed by atoms with Crippen molar-refractivity contribution in [3.63, 3.8) is 0 Å². The summed E-state index contributed by atoms with van der Waals surface area (Å²) in [5.74, 6) is 0.808. The Morgan fingerprint density at radius 1 is 0.955 bits per heavy atom. The molecule has 3 nitrogen and oxygen atoms in total. The predicted octanol–water partition coefficient (Wildman–Crippen LogP) is 4.52. The van der Waals surface area contributed by atoms with Gasteiger partial charge in [-0.2, -0.15) is 5.10 Å². The molecule has 0 radical (unpaired) electrons. The summed E-state index contributed by atoms with van der Waals surface area (Å²) in [6, 6.07) is 14.6. The lowest BCUT2D eigenvalue weighted by Crippen LogP contribution is -2.11. The van der Waals surface area contributed by atoms with Gasteiger partial charge in [0.1, 0.15) is 0 Å². The van der Waals surface area contributed by atoms with E-state index in [0.717, 1.165) is 29.2 Å². The van der Waals surface area contributed by atoms with E-state index in [2.05, 4.69) is 41.4 Å². The molecule has 0 aliphatic heterocycles. The monoisotopic (exact) mass is 291 g/mol. The molecule has 4 rings (SSSR count). The second-order valence-electron chi connectivity index (χ2n) is 6.31. The van der Waals surface area contributed by atoms with Crippen molar-refractivity contribution in [3.05, 3.63) is 54.4 Å². The largest absolute Gasteiger partial charge is 0.235 e. The summed E-state index contributed by atoms with van der Waals surface area (Å²) < 4.78 is 1.99. The Labute approximate surface area is 131 Å². The molecule has 1 aliphatic carbocycles. The number of rotatable bonds is 3. The van der Waals surface area contributed by atoms with Crippen LogP contribution < -0.4 is 0 Å². The van der Waals surface area contributed by atoms with E-state index in [0.29, 0.717) is 0 Å². The van der Waals surface area contributed by atoms with Crippen LogP contribution in [0.4, 0.5) is 0 Å². The molecular weight excluding hydrogens is 270 g/mol. The van der Waals surface area contributed by atoms with Crippen LogP contribution in [0.15, 0.2) is 48.7 Å². The van der Waals surface area contributed by atoms with Crippen molar-refractivity contribution >= 4 is 5.65 Å². The van der Waals surface area contributed by atoms with Crippen LogP contribution in [-0.4, -0.2) is 14.6 Å². The molecule has 1 aromatic carbocycles. The smallest absolute Gasteiger partial charge is 0.154 e. The summed E-state index contributed by atoms with van der Waals surface area (Å²) in [5, 5.41) is 4.86. The lowest BCUT2D eigenvalue weighted by Gasteiger charge is -2.20. The van der Waals surface area contributed by atoms with Gasteiger partial charge >= 0.3 is 0 Å². The average Bonchev–Trinajstić information content (AvgIpc) is 3.00. The number of fused-ring (bicyclic) bond motifs is 1. The Balaban J connectivity index is 1.67. The second-order valence-corrected chi connectivity index (χ2v) is 6.31. The van der Waals surface area contributed by atoms with Crippen LogP contribution in [0.25, 0.3) is 16.9 Å². The number of nitrogens with zero attached hydrogens (tertiary/aromatic N) is 3. The third-order valence-corrected chi connectivity index (χ3v) is 4.71. The molecule has 0 spiro atoms. The third kappa shape index (κ3) is 2.63. The number of hydrogen-bond donors (Lipinski definition) is 0. The van der Waals surface area contributed by atoms with Crippen LogP contribution in [0, 0.1) is 5.92 Å². The van der Waals surface area contributed by atoms with Gasteiger partial charge in [0.15, 0.2) is 5.65 Å². The van der Waals surface area contributed by atoms with E-state index in [1.807, 2.05) is 16.8 Å². The zero-order valence-electron chi connectivity index (χ0n) is 12.8. The van der Waals surface area contributed by atoms with Gasteiger partial charge in [0.05, 0.1) is 17.6 Å². The molecule has 3 heteroatoms. The first-order valence-electron chi connectivity index (χ1n) is 8.29. The molecule has 3 aromatic rings. The SMILES string of the molecule is c1ccc(-c2cnc3ccc(CC4CCCCC4)nn23)cc1. The van der Waals surface area contributed by atoms with E-state index < -0.39 is 0 Å². The molecule has 112 valence electrons. The molecule has 2 heterocycles. The molecule has 0 amide bonds. The summed E-state index contributed by atoms with van der Waals surface area (Å²) in [4.78, 5) is 4.48. The van der Waals surface area contributed by atoms with Crippen molar-refractivity contribution in [1.29, 1.82) is 0 Å². The van der Waals surface area contributed by atoms with Gasteiger partial charge in [-0.25, -0.2) is 9.50 Å². The van der Waals surface area contributed by atoms with Crippen LogP contribution in [-0.2, 0) is 6.42 Å². The summed E-state index contributed by atoms with van der Waals surface area (Å²) in [6.07, 6.45) is 9.90. The van der Waals surface area contributed by atoms with Crippen molar-refractivity contribution in [2.24, 2.45) is 5.92 Å². The Kier molecular flexibility index (Phi) is 3.63. The van der Waals surface area contributed by atoms with Crippen LogP contribution in [0.5, 0.6) is 0 Å². The molecule has 0 atom stereocenters. The quantitative estimate of drug-likeness (QED) is 0.710. The number of aromatic nitrogens is 3. The number of benzene rings is 1. The lowest BCUT2D eigenvalue weighted by atomic mass is 9.86. The molecule has 0 bridgehead atoms. The van der Waals surface area contributed by atoms with Crippen LogP contribution in [0.3, 0.4) is 0 Å². The maximum absolute atomic E-state index is 4.86. The van der Waals surface area contributed by atoms with Gasteiger partial charge in [-0.05, 0) is 24.5 Å². The molecule has 1 aliphatic rings. The predicted molar refractivity (Wildman–Crippen MR) is 88.7 cm³/mol. The van der Waals surface area contributed by atoms with E-state index in [1.165, 1.54) is 37.8 Å². The molecule has 0 N–H and O–H groups in total. The highest BCUT2D eigenvalue weighted by molar-refractivity contribution is 5.62. The Morgan fingerprint density at radius 2 is 1.77 bits per heavy atom. The standard InChI is InChI=1S/C19H21N3/c1-3-7-15(8-4-1)13-17-11-12-19-20-14-18(22(19)21-17)16-9-5-2-6-10-16/h2,5-6,9-12,14-15H,1,3-4,7-8,13H2. The van der Waals surface area contributed by atoms with E-state index in [-0.39, 0.29) is 0 Å².